The van der Waals surface area contributed by atoms with Crippen molar-refractivity contribution >= 4 is 0 Å². The van der Waals surface area contributed by atoms with Crippen LogP contribution >= 0.6 is 0 Å². The van der Waals surface area contributed by atoms with Crippen LogP contribution in [0.15, 0.2) is 42.5 Å². The number of fused-ring (bicyclic) bond motifs is 1. The fraction of sp³-hybridized carbons (Fsp3) is 0.417. The second-order valence-electron chi connectivity index (χ2n) is 7.41. The Hall–Kier alpha value is -2.41. The van der Waals surface area contributed by atoms with Crippen molar-refractivity contribution in [2.24, 2.45) is 5.92 Å². The molecule has 2 aromatic rings. The molecule has 0 aromatic heterocycles. The molecule has 1 aliphatic rings. The van der Waals surface area contributed by atoms with E-state index in [1.807, 2.05) is 6.07 Å². The Morgan fingerprint density at radius 2 is 1.68 bits per heavy atom. The van der Waals surface area contributed by atoms with E-state index >= 15 is 0 Å². The molecule has 0 radical (unpaired) electrons. The lowest BCUT2D eigenvalue weighted by Crippen LogP contribution is -2.16. The van der Waals surface area contributed by atoms with Crippen molar-refractivity contribution in [3.63, 3.8) is 0 Å². The van der Waals surface area contributed by atoms with E-state index in [0.717, 1.165) is 24.3 Å². The molecular weight excluding hydrogens is 361 g/mol. The minimum atomic E-state index is -4.68. The molecule has 148 valence electrons. The molecule has 2 aromatic carbocycles. The van der Waals surface area contributed by atoms with Gasteiger partial charge in [0.05, 0.1) is 0 Å². The number of rotatable bonds is 5. The molecule has 0 saturated heterocycles. The average Bonchev–Trinajstić information content (AvgIpc) is 2.66. The molecule has 3 rings (SSSR count). The van der Waals surface area contributed by atoms with Crippen molar-refractivity contribution in [3.05, 3.63) is 64.7 Å². The first-order valence-electron chi connectivity index (χ1n) is 9.92. The first-order chi connectivity index (χ1) is 13.4. The van der Waals surface area contributed by atoms with Gasteiger partial charge in [0.15, 0.2) is 0 Å². The van der Waals surface area contributed by atoms with Crippen LogP contribution in [0.4, 0.5) is 13.2 Å². The number of alkyl halides is 3. The number of halogens is 3. The van der Waals surface area contributed by atoms with Crippen LogP contribution in [0.25, 0.3) is 0 Å². The minimum absolute atomic E-state index is 0.236. The van der Waals surface area contributed by atoms with Crippen LogP contribution in [-0.4, -0.2) is 6.36 Å². The summed E-state index contributed by atoms with van der Waals surface area (Å²) in [5.41, 5.74) is 4.42. The average molecular weight is 386 g/mol. The molecule has 0 saturated carbocycles. The van der Waals surface area contributed by atoms with Gasteiger partial charge in [0.25, 0.3) is 0 Å². The highest BCUT2D eigenvalue weighted by Gasteiger charge is 2.30. The van der Waals surface area contributed by atoms with E-state index in [2.05, 4.69) is 35.6 Å². The highest BCUT2D eigenvalue weighted by atomic mass is 19.4. The third-order valence-electron chi connectivity index (χ3n) is 5.19. The molecule has 0 fully saturated rings. The Morgan fingerprint density at radius 3 is 2.39 bits per heavy atom. The normalized spacial score (nSPS) is 16.1. The number of hydrogen-bond donors (Lipinski definition) is 0. The Morgan fingerprint density at radius 1 is 0.964 bits per heavy atom. The monoisotopic (exact) mass is 386 g/mol. The smallest absolute Gasteiger partial charge is 0.406 e. The molecule has 1 nitrogen and oxygen atoms in total. The van der Waals surface area contributed by atoms with Crippen molar-refractivity contribution in [2.75, 3.05) is 0 Å². The summed E-state index contributed by atoms with van der Waals surface area (Å²) >= 11 is 0. The zero-order chi connectivity index (χ0) is 20.0. The molecule has 4 heteroatoms. The number of benzene rings is 2. The van der Waals surface area contributed by atoms with Crippen molar-refractivity contribution < 1.29 is 17.9 Å². The quantitative estimate of drug-likeness (QED) is 0.412. The molecule has 1 unspecified atom stereocenters. The van der Waals surface area contributed by atoms with Crippen LogP contribution in [0.3, 0.4) is 0 Å². The summed E-state index contributed by atoms with van der Waals surface area (Å²) in [5, 5.41) is 0. The van der Waals surface area contributed by atoms with E-state index < -0.39 is 6.36 Å². The maximum absolute atomic E-state index is 12.2. The zero-order valence-corrected chi connectivity index (χ0v) is 16.1. The van der Waals surface area contributed by atoms with Gasteiger partial charge in [-0.2, -0.15) is 0 Å². The van der Waals surface area contributed by atoms with Crippen LogP contribution in [0.5, 0.6) is 5.75 Å². The number of aryl methyl sites for hydroxylation is 1. The predicted octanol–water partition coefficient (Wildman–Crippen LogP) is 6.67. The fourth-order valence-corrected chi connectivity index (χ4v) is 3.72. The van der Waals surface area contributed by atoms with Gasteiger partial charge in [-0.3, -0.25) is 0 Å². The minimum Gasteiger partial charge on any atom is -0.406 e. The van der Waals surface area contributed by atoms with Crippen LogP contribution in [0, 0.1) is 17.8 Å². The van der Waals surface area contributed by atoms with E-state index in [0.29, 0.717) is 5.56 Å². The highest BCUT2D eigenvalue weighted by Crippen LogP contribution is 2.29. The lowest BCUT2D eigenvalue weighted by atomic mass is 9.81. The number of unbranched alkanes of at least 4 members (excludes halogenated alkanes) is 2. The fourth-order valence-electron chi connectivity index (χ4n) is 3.72. The molecule has 28 heavy (non-hydrogen) atoms. The lowest BCUT2D eigenvalue weighted by Gasteiger charge is -2.24. The van der Waals surface area contributed by atoms with E-state index in [1.165, 1.54) is 67.5 Å². The highest BCUT2D eigenvalue weighted by molar-refractivity contribution is 5.47. The first kappa shape index (κ1) is 20.3. The van der Waals surface area contributed by atoms with Gasteiger partial charge >= 0.3 is 6.36 Å². The topological polar surface area (TPSA) is 9.23 Å². The molecule has 0 N–H and O–H groups in total. The van der Waals surface area contributed by atoms with Crippen LogP contribution in [-0.2, 0) is 12.8 Å². The molecule has 0 amide bonds. The van der Waals surface area contributed by atoms with Crippen molar-refractivity contribution in [1.82, 2.24) is 0 Å². The standard InChI is InChI=1S/C24H25F3O/c1-2-3-4-5-19-8-12-22-17-20(9-13-21(22)16-19)7-6-18-10-14-23(15-11-18)28-24(25,26)27/h9-11,13-15,17,19H,2-5,8,12,16H2,1H3. The Bertz CT molecular complexity index is 841. The van der Waals surface area contributed by atoms with Gasteiger partial charge in [0.1, 0.15) is 5.75 Å². The molecule has 0 bridgehead atoms. The molecule has 0 aliphatic heterocycles. The second kappa shape index (κ2) is 9.19. The second-order valence-corrected chi connectivity index (χ2v) is 7.41. The van der Waals surface area contributed by atoms with Crippen molar-refractivity contribution in [2.45, 2.75) is 58.2 Å². The number of ether oxygens (including phenoxy) is 1. The molecule has 1 aliphatic carbocycles. The third-order valence-corrected chi connectivity index (χ3v) is 5.19. The van der Waals surface area contributed by atoms with Gasteiger partial charge in [0.2, 0.25) is 0 Å². The Balaban J connectivity index is 1.62. The summed E-state index contributed by atoms with van der Waals surface area (Å²) in [7, 11) is 0. The summed E-state index contributed by atoms with van der Waals surface area (Å²) in [6.45, 7) is 2.24. The SMILES string of the molecule is CCCCCC1CCc2cc(C#Cc3ccc(OC(F)(F)F)cc3)ccc2C1. The maximum atomic E-state index is 12.2. The first-order valence-corrected chi connectivity index (χ1v) is 9.92. The van der Waals surface area contributed by atoms with Gasteiger partial charge in [-0.1, -0.05) is 50.5 Å². The summed E-state index contributed by atoms with van der Waals surface area (Å²) in [6.07, 6.45) is 4.07. The zero-order valence-electron chi connectivity index (χ0n) is 16.1. The van der Waals surface area contributed by atoms with Crippen LogP contribution in [0.1, 0.15) is 61.3 Å². The van der Waals surface area contributed by atoms with Crippen LogP contribution < -0.4 is 4.74 Å². The summed E-state index contributed by atoms with van der Waals surface area (Å²) < 4.78 is 40.5. The van der Waals surface area contributed by atoms with Crippen LogP contribution in [0.2, 0.25) is 0 Å². The van der Waals surface area contributed by atoms with Gasteiger partial charge in [0, 0.05) is 11.1 Å². The van der Waals surface area contributed by atoms with Gasteiger partial charge < -0.3 is 4.74 Å². The van der Waals surface area contributed by atoms with E-state index in [1.54, 1.807) is 0 Å². The van der Waals surface area contributed by atoms with Gasteiger partial charge in [-0.15, -0.1) is 13.2 Å². The molecule has 1 atom stereocenters. The lowest BCUT2D eigenvalue weighted by molar-refractivity contribution is -0.274. The Kier molecular flexibility index (Phi) is 6.67. The van der Waals surface area contributed by atoms with Gasteiger partial charge in [-0.25, -0.2) is 0 Å². The summed E-state index contributed by atoms with van der Waals surface area (Å²) in [5.74, 6) is 6.70. The third kappa shape index (κ3) is 6.05. The molecule has 0 spiro atoms. The van der Waals surface area contributed by atoms with Crippen molar-refractivity contribution in [3.8, 4) is 17.6 Å². The summed E-state index contributed by atoms with van der Waals surface area (Å²) in [4.78, 5) is 0. The van der Waals surface area contributed by atoms with E-state index in [-0.39, 0.29) is 5.75 Å². The molecule has 0 heterocycles. The van der Waals surface area contributed by atoms with E-state index in [4.69, 9.17) is 0 Å². The largest absolute Gasteiger partial charge is 0.573 e. The van der Waals surface area contributed by atoms with E-state index in [9.17, 15) is 13.2 Å². The maximum Gasteiger partial charge on any atom is 0.573 e. The van der Waals surface area contributed by atoms with Crippen molar-refractivity contribution in [1.29, 1.82) is 0 Å². The predicted molar refractivity (Wildman–Crippen MR) is 105 cm³/mol. The molecular formula is C24H25F3O. The number of hydrogen-bond acceptors (Lipinski definition) is 1. The summed E-state index contributed by atoms with van der Waals surface area (Å²) in [6, 6.07) is 12.0. The van der Waals surface area contributed by atoms with Gasteiger partial charge in [-0.05, 0) is 72.7 Å². The Labute approximate surface area is 164 Å².